The van der Waals surface area contributed by atoms with Crippen LogP contribution in [0.1, 0.15) is 233 Å². The molecule has 324 valence electrons. The van der Waals surface area contributed by atoms with E-state index >= 15 is 0 Å². The first-order chi connectivity index (χ1) is 27.5. The molecule has 0 N–H and O–H groups in total. The highest BCUT2D eigenvalue weighted by molar-refractivity contribution is 5.71. The largest absolute Gasteiger partial charge is 0.462 e. The average Bonchev–Trinajstić information content (AvgIpc) is 3.19. The third kappa shape index (κ3) is 42.5. The van der Waals surface area contributed by atoms with Crippen molar-refractivity contribution in [1.29, 1.82) is 0 Å². The highest BCUT2D eigenvalue weighted by Gasteiger charge is 2.19. The number of ether oxygens (including phenoxy) is 3. The molecule has 56 heavy (non-hydrogen) atoms. The summed E-state index contributed by atoms with van der Waals surface area (Å²) in [6.07, 6.45) is 52.5. The number of hydrogen-bond acceptors (Lipinski definition) is 6. The molecular formula is C50H88O6. The van der Waals surface area contributed by atoms with Crippen molar-refractivity contribution in [1.82, 2.24) is 0 Å². The van der Waals surface area contributed by atoms with Crippen LogP contribution in [0.3, 0.4) is 0 Å². The van der Waals surface area contributed by atoms with E-state index in [0.717, 1.165) is 96.3 Å². The van der Waals surface area contributed by atoms with Gasteiger partial charge in [0.25, 0.3) is 0 Å². The maximum absolute atomic E-state index is 12.7. The number of hydrogen-bond donors (Lipinski definition) is 0. The molecular weight excluding hydrogens is 697 g/mol. The van der Waals surface area contributed by atoms with Gasteiger partial charge in [0.2, 0.25) is 0 Å². The molecule has 0 spiro atoms. The number of carbonyl (C=O) groups excluding carboxylic acids is 3. The quantitative estimate of drug-likeness (QED) is 0.0265. The van der Waals surface area contributed by atoms with Gasteiger partial charge >= 0.3 is 17.9 Å². The van der Waals surface area contributed by atoms with Gasteiger partial charge in [-0.1, -0.05) is 204 Å². The zero-order valence-electron chi connectivity index (χ0n) is 36.9. The smallest absolute Gasteiger partial charge is 0.306 e. The Kier molecular flexibility index (Phi) is 43.0. The standard InChI is InChI=1S/C50H88O6/c1-4-7-10-13-16-18-20-22-24-25-27-28-30-32-34-37-40-43-49(52)55-46-47(45-54-48(51)42-39-36-15-12-9-6-3)56-50(53)44-41-38-35-33-31-29-26-23-21-19-17-14-11-8-5-2/h7,10,16,18,22,24,27-28,47H,4-6,8-9,11-15,17,19-21,23,25-26,29-46H2,1-3H3/b10-7-,18-16-,24-22-,28-27-. The van der Waals surface area contributed by atoms with E-state index in [9.17, 15) is 14.4 Å². The molecule has 1 atom stereocenters. The van der Waals surface area contributed by atoms with E-state index in [1.54, 1.807) is 0 Å². The predicted octanol–water partition coefficient (Wildman–Crippen LogP) is 15.1. The molecule has 6 heteroatoms. The van der Waals surface area contributed by atoms with E-state index in [1.807, 2.05) is 0 Å². The third-order valence-electron chi connectivity index (χ3n) is 10.1. The van der Waals surface area contributed by atoms with Crippen molar-refractivity contribution in [2.24, 2.45) is 0 Å². The summed E-state index contributed by atoms with van der Waals surface area (Å²) < 4.78 is 16.6. The Morgan fingerprint density at radius 1 is 0.375 bits per heavy atom. The van der Waals surface area contributed by atoms with Crippen LogP contribution in [0.15, 0.2) is 48.6 Å². The second-order valence-electron chi connectivity index (χ2n) is 15.6. The summed E-state index contributed by atoms with van der Waals surface area (Å²) in [5.41, 5.74) is 0. The van der Waals surface area contributed by atoms with Crippen LogP contribution in [0.25, 0.3) is 0 Å². The molecule has 0 aliphatic heterocycles. The first-order valence-electron chi connectivity index (χ1n) is 23.6. The Balaban J connectivity index is 4.28. The van der Waals surface area contributed by atoms with E-state index < -0.39 is 6.10 Å². The summed E-state index contributed by atoms with van der Waals surface area (Å²) in [7, 11) is 0. The normalized spacial score (nSPS) is 12.4. The third-order valence-corrected chi connectivity index (χ3v) is 10.1. The SMILES string of the molecule is CC/C=C\C/C=C\C/C=C\C/C=C\CCCCCCC(=O)OCC(COC(=O)CCCCCCCC)OC(=O)CCCCCCCCCCCCCCCCC. The molecule has 0 fully saturated rings. The summed E-state index contributed by atoms with van der Waals surface area (Å²) in [5, 5.41) is 0. The molecule has 0 aromatic carbocycles. The summed E-state index contributed by atoms with van der Waals surface area (Å²) >= 11 is 0. The summed E-state index contributed by atoms with van der Waals surface area (Å²) in [4.78, 5) is 37.6. The molecule has 0 saturated carbocycles. The topological polar surface area (TPSA) is 78.9 Å². The van der Waals surface area contributed by atoms with E-state index in [-0.39, 0.29) is 31.1 Å². The molecule has 0 aliphatic carbocycles. The molecule has 0 radical (unpaired) electrons. The molecule has 0 aliphatic rings. The minimum atomic E-state index is -0.776. The van der Waals surface area contributed by atoms with E-state index in [2.05, 4.69) is 69.4 Å². The van der Waals surface area contributed by atoms with Crippen molar-refractivity contribution in [3.8, 4) is 0 Å². The molecule has 0 rings (SSSR count). The Morgan fingerprint density at radius 2 is 0.696 bits per heavy atom. The van der Waals surface area contributed by atoms with Gasteiger partial charge < -0.3 is 14.2 Å². The van der Waals surface area contributed by atoms with E-state index in [0.29, 0.717) is 19.3 Å². The van der Waals surface area contributed by atoms with Crippen molar-refractivity contribution in [3.63, 3.8) is 0 Å². The van der Waals surface area contributed by atoms with Gasteiger partial charge in [0.1, 0.15) is 13.2 Å². The zero-order valence-corrected chi connectivity index (χ0v) is 36.9. The average molecular weight is 785 g/mol. The summed E-state index contributed by atoms with van der Waals surface area (Å²) in [6, 6.07) is 0. The van der Waals surface area contributed by atoms with Crippen molar-refractivity contribution in [2.75, 3.05) is 13.2 Å². The van der Waals surface area contributed by atoms with Crippen LogP contribution in [-0.2, 0) is 28.6 Å². The van der Waals surface area contributed by atoms with Crippen LogP contribution in [0.2, 0.25) is 0 Å². The van der Waals surface area contributed by atoms with Crippen LogP contribution in [0, 0.1) is 0 Å². The Hall–Kier alpha value is -2.63. The van der Waals surface area contributed by atoms with Gasteiger partial charge in [-0.25, -0.2) is 0 Å². The van der Waals surface area contributed by atoms with Crippen LogP contribution >= 0.6 is 0 Å². The summed E-state index contributed by atoms with van der Waals surface area (Å²) in [6.45, 7) is 6.45. The van der Waals surface area contributed by atoms with Gasteiger partial charge in [0.15, 0.2) is 6.10 Å². The lowest BCUT2D eigenvalue weighted by molar-refractivity contribution is -0.167. The van der Waals surface area contributed by atoms with Gasteiger partial charge in [-0.3, -0.25) is 14.4 Å². The number of unbranched alkanes of at least 4 members (excludes halogenated alkanes) is 23. The maximum Gasteiger partial charge on any atom is 0.306 e. The van der Waals surface area contributed by atoms with Gasteiger partial charge in [-0.2, -0.15) is 0 Å². The fourth-order valence-electron chi connectivity index (χ4n) is 6.55. The summed E-state index contributed by atoms with van der Waals surface area (Å²) in [5.74, 6) is -0.910. The Bertz CT molecular complexity index is 996. The molecule has 1 unspecified atom stereocenters. The lowest BCUT2D eigenvalue weighted by Gasteiger charge is -2.18. The second kappa shape index (κ2) is 45.1. The van der Waals surface area contributed by atoms with Crippen molar-refractivity contribution < 1.29 is 28.6 Å². The lowest BCUT2D eigenvalue weighted by Crippen LogP contribution is -2.30. The van der Waals surface area contributed by atoms with Crippen LogP contribution in [0.5, 0.6) is 0 Å². The number of carbonyl (C=O) groups is 3. The molecule has 6 nitrogen and oxygen atoms in total. The number of esters is 3. The first-order valence-corrected chi connectivity index (χ1v) is 23.6. The van der Waals surface area contributed by atoms with Gasteiger partial charge in [0.05, 0.1) is 0 Å². The molecule has 0 bridgehead atoms. The molecule has 0 aromatic rings. The van der Waals surface area contributed by atoms with Gasteiger partial charge in [-0.05, 0) is 57.8 Å². The number of rotatable bonds is 42. The van der Waals surface area contributed by atoms with Crippen molar-refractivity contribution >= 4 is 17.9 Å². The molecule has 0 heterocycles. The lowest BCUT2D eigenvalue weighted by atomic mass is 10.0. The predicted molar refractivity (Wildman–Crippen MR) is 238 cm³/mol. The van der Waals surface area contributed by atoms with Gasteiger partial charge in [0, 0.05) is 19.3 Å². The van der Waals surface area contributed by atoms with Gasteiger partial charge in [-0.15, -0.1) is 0 Å². The number of allylic oxidation sites excluding steroid dienone is 8. The van der Waals surface area contributed by atoms with Crippen LogP contribution < -0.4 is 0 Å². The fourth-order valence-corrected chi connectivity index (χ4v) is 6.55. The van der Waals surface area contributed by atoms with Crippen LogP contribution in [-0.4, -0.2) is 37.2 Å². The highest BCUT2D eigenvalue weighted by atomic mass is 16.6. The van der Waals surface area contributed by atoms with E-state index in [1.165, 1.54) is 96.3 Å². The van der Waals surface area contributed by atoms with Crippen molar-refractivity contribution in [3.05, 3.63) is 48.6 Å². The monoisotopic (exact) mass is 785 g/mol. The van der Waals surface area contributed by atoms with E-state index in [4.69, 9.17) is 14.2 Å². The molecule has 0 aromatic heterocycles. The highest BCUT2D eigenvalue weighted by Crippen LogP contribution is 2.15. The Morgan fingerprint density at radius 3 is 1.09 bits per heavy atom. The van der Waals surface area contributed by atoms with Crippen molar-refractivity contribution in [2.45, 2.75) is 239 Å². The zero-order chi connectivity index (χ0) is 40.8. The molecule has 0 saturated heterocycles. The minimum Gasteiger partial charge on any atom is -0.462 e. The fraction of sp³-hybridized carbons (Fsp3) is 0.780. The second-order valence-corrected chi connectivity index (χ2v) is 15.6. The molecule has 0 amide bonds. The Labute approximate surface area is 346 Å². The van der Waals surface area contributed by atoms with Crippen LogP contribution in [0.4, 0.5) is 0 Å². The minimum absolute atomic E-state index is 0.0795. The first kappa shape index (κ1) is 53.4. The maximum atomic E-state index is 12.7.